The molecule has 0 unspecified atom stereocenters. The summed E-state index contributed by atoms with van der Waals surface area (Å²) in [6.07, 6.45) is 0. The van der Waals surface area contributed by atoms with Gasteiger partial charge in [-0.05, 0) is 18.2 Å². The number of fused-ring (bicyclic) bond motifs is 3. The first-order valence-electron chi connectivity index (χ1n) is 7.28. The van der Waals surface area contributed by atoms with E-state index in [1.807, 2.05) is 0 Å². The highest BCUT2D eigenvalue weighted by Crippen LogP contribution is 2.29. The molecule has 24 heavy (non-hydrogen) atoms. The molecule has 4 rings (SSSR count). The molecule has 0 N–H and O–H groups in total. The van der Waals surface area contributed by atoms with Crippen LogP contribution in [0, 0.1) is 11.6 Å². The number of nitrogens with zero attached hydrogens (tertiary/aromatic N) is 4. The van der Waals surface area contributed by atoms with Crippen molar-refractivity contribution in [2.24, 2.45) is 4.99 Å². The van der Waals surface area contributed by atoms with Gasteiger partial charge in [-0.25, -0.2) is 8.78 Å². The van der Waals surface area contributed by atoms with Gasteiger partial charge in [0.15, 0.2) is 11.6 Å². The van der Waals surface area contributed by atoms with E-state index in [2.05, 4.69) is 15.2 Å². The van der Waals surface area contributed by atoms with Crippen molar-refractivity contribution < 1.29 is 8.78 Å². The van der Waals surface area contributed by atoms with Gasteiger partial charge in [-0.1, -0.05) is 24.3 Å². The van der Waals surface area contributed by atoms with Crippen LogP contribution in [0.15, 0.2) is 47.5 Å². The third-order valence-corrected chi connectivity index (χ3v) is 4.13. The van der Waals surface area contributed by atoms with Crippen LogP contribution < -0.4 is 0 Å². The molecule has 3 aromatic rings. The highest BCUT2D eigenvalue weighted by atomic mass is 35.5. The van der Waals surface area contributed by atoms with E-state index in [4.69, 9.17) is 11.6 Å². The minimum Gasteiger partial charge on any atom is -0.277 e. The van der Waals surface area contributed by atoms with E-state index in [0.717, 1.165) is 0 Å². The van der Waals surface area contributed by atoms with E-state index in [1.54, 1.807) is 34.9 Å². The average Bonchev–Trinajstić information content (AvgIpc) is 2.91. The number of para-hydroxylation sites is 1. The Morgan fingerprint density at radius 1 is 0.958 bits per heavy atom. The number of hydrogen-bond acceptors (Lipinski definition) is 3. The summed E-state index contributed by atoms with van der Waals surface area (Å²) in [7, 11) is 0. The fourth-order valence-electron chi connectivity index (χ4n) is 2.85. The number of alkyl halides is 1. The quantitative estimate of drug-likeness (QED) is 0.666. The SMILES string of the molecule is Fc1ccccc1C1=NCc2nnc(CCl)n2-c2c(F)cccc21. The van der Waals surface area contributed by atoms with Gasteiger partial charge >= 0.3 is 0 Å². The largest absolute Gasteiger partial charge is 0.277 e. The Hall–Kier alpha value is -2.60. The molecule has 4 nitrogen and oxygen atoms in total. The van der Waals surface area contributed by atoms with Crippen molar-refractivity contribution in [3.63, 3.8) is 0 Å². The van der Waals surface area contributed by atoms with E-state index in [-0.39, 0.29) is 18.1 Å². The Kier molecular flexibility index (Phi) is 3.61. The zero-order valence-electron chi connectivity index (χ0n) is 12.4. The fraction of sp³-hybridized carbons (Fsp3) is 0.118. The summed E-state index contributed by atoms with van der Waals surface area (Å²) in [6, 6.07) is 10.9. The highest BCUT2D eigenvalue weighted by molar-refractivity contribution is 6.17. The zero-order chi connectivity index (χ0) is 16.7. The first-order chi connectivity index (χ1) is 11.7. The minimum absolute atomic E-state index is 0.0792. The van der Waals surface area contributed by atoms with Gasteiger partial charge < -0.3 is 0 Å². The molecule has 0 spiro atoms. The molecule has 120 valence electrons. The lowest BCUT2D eigenvalue weighted by molar-refractivity contribution is 0.613. The van der Waals surface area contributed by atoms with Crippen LogP contribution in [0.25, 0.3) is 5.69 Å². The van der Waals surface area contributed by atoms with Gasteiger partial charge in [0.1, 0.15) is 18.2 Å². The van der Waals surface area contributed by atoms with E-state index in [1.165, 1.54) is 12.1 Å². The molecule has 0 amide bonds. The van der Waals surface area contributed by atoms with E-state index in [9.17, 15) is 8.78 Å². The third-order valence-electron chi connectivity index (χ3n) is 3.89. The predicted molar refractivity (Wildman–Crippen MR) is 86.6 cm³/mol. The summed E-state index contributed by atoms with van der Waals surface area (Å²) >= 11 is 5.91. The van der Waals surface area contributed by atoms with Gasteiger partial charge in [-0.3, -0.25) is 9.56 Å². The van der Waals surface area contributed by atoms with Crippen molar-refractivity contribution in [3.05, 3.63) is 76.9 Å². The second kappa shape index (κ2) is 5.79. The molecule has 0 saturated carbocycles. The minimum atomic E-state index is -0.467. The molecule has 7 heteroatoms. The molecule has 0 aliphatic carbocycles. The van der Waals surface area contributed by atoms with Crippen molar-refractivity contribution in [2.45, 2.75) is 12.4 Å². The maximum Gasteiger partial charge on any atom is 0.159 e. The summed E-state index contributed by atoms with van der Waals surface area (Å²) in [5.74, 6) is 0.0781. The van der Waals surface area contributed by atoms with Crippen LogP contribution in [0.1, 0.15) is 22.8 Å². The van der Waals surface area contributed by atoms with Crippen LogP contribution in [-0.2, 0) is 12.4 Å². The van der Waals surface area contributed by atoms with Gasteiger partial charge in [0, 0.05) is 11.1 Å². The number of rotatable bonds is 2. The third kappa shape index (κ3) is 2.22. The Balaban J connectivity index is 2.03. The second-order valence-corrected chi connectivity index (χ2v) is 5.55. The second-order valence-electron chi connectivity index (χ2n) is 5.28. The topological polar surface area (TPSA) is 43.1 Å². The van der Waals surface area contributed by atoms with E-state index in [0.29, 0.717) is 28.5 Å². The van der Waals surface area contributed by atoms with Gasteiger partial charge in [0.2, 0.25) is 0 Å². The Morgan fingerprint density at radius 3 is 2.50 bits per heavy atom. The Labute approximate surface area is 141 Å². The van der Waals surface area contributed by atoms with Gasteiger partial charge in [0.05, 0.1) is 17.3 Å². The van der Waals surface area contributed by atoms with Crippen LogP contribution in [0.4, 0.5) is 8.78 Å². The summed E-state index contributed by atoms with van der Waals surface area (Å²) < 4.78 is 30.5. The standard InChI is InChI=1S/C17H11ClF2N4/c18-8-14-22-23-15-9-21-16(10-4-1-2-6-12(10)19)11-5-3-7-13(20)17(11)24(14)15/h1-7H,8-9H2. The summed E-state index contributed by atoms with van der Waals surface area (Å²) in [5.41, 5.74) is 1.42. The Bertz CT molecular complexity index is 965. The average molecular weight is 345 g/mol. The van der Waals surface area contributed by atoms with Gasteiger partial charge in [0.25, 0.3) is 0 Å². The van der Waals surface area contributed by atoms with Gasteiger partial charge in [-0.15, -0.1) is 21.8 Å². The molecule has 1 aliphatic rings. The van der Waals surface area contributed by atoms with Crippen molar-refractivity contribution in [1.29, 1.82) is 0 Å². The molecule has 0 fully saturated rings. The summed E-state index contributed by atoms with van der Waals surface area (Å²) in [5, 5.41) is 8.02. The summed E-state index contributed by atoms with van der Waals surface area (Å²) in [4.78, 5) is 4.47. The maximum absolute atomic E-state index is 14.6. The van der Waals surface area contributed by atoms with E-state index < -0.39 is 11.6 Å². The molecule has 0 radical (unpaired) electrons. The monoisotopic (exact) mass is 344 g/mol. The molecular formula is C17H11ClF2N4. The molecule has 0 saturated heterocycles. The fourth-order valence-corrected chi connectivity index (χ4v) is 3.03. The molecular weight excluding hydrogens is 334 g/mol. The van der Waals surface area contributed by atoms with Crippen LogP contribution in [-0.4, -0.2) is 20.5 Å². The summed E-state index contributed by atoms with van der Waals surface area (Å²) in [6.45, 7) is 0.154. The van der Waals surface area contributed by atoms with Crippen molar-refractivity contribution in [3.8, 4) is 5.69 Å². The molecule has 0 bridgehead atoms. The first-order valence-corrected chi connectivity index (χ1v) is 7.82. The van der Waals surface area contributed by atoms with Crippen molar-refractivity contribution in [2.75, 3.05) is 0 Å². The van der Waals surface area contributed by atoms with Crippen LogP contribution in [0.3, 0.4) is 0 Å². The molecule has 1 aliphatic heterocycles. The van der Waals surface area contributed by atoms with Crippen LogP contribution in [0.5, 0.6) is 0 Å². The molecule has 0 atom stereocenters. The Morgan fingerprint density at radius 2 is 1.71 bits per heavy atom. The van der Waals surface area contributed by atoms with Crippen LogP contribution in [0.2, 0.25) is 0 Å². The predicted octanol–water partition coefficient (Wildman–Crippen LogP) is 3.64. The van der Waals surface area contributed by atoms with Crippen molar-refractivity contribution in [1.82, 2.24) is 14.8 Å². The van der Waals surface area contributed by atoms with E-state index >= 15 is 0 Å². The maximum atomic E-state index is 14.6. The number of aliphatic imine (C=N–C) groups is 1. The normalized spacial score (nSPS) is 13.0. The number of hydrogen-bond donors (Lipinski definition) is 0. The van der Waals surface area contributed by atoms with Gasteiger partial charge in [-0.2, -0.15) is 0 Å². The zero-order valence-corrected chi connectivity index (χ0v) is 13.1. The number of benzene rings is 2. The highest BCUT2D eigenvalue weighted by Gasteiger charge is 2.26. The molecule has 1 aromatic heterocycles. The lowest BCUT2D eigenvalue weighted by Gasteiger charge is -2.14. The van der Waals surface area contributed by atoms with Crippen LogP contribution >= 0.6 is 11.6 Å². The van der Waals surface area contributed by atoms with Crippen molar-refractivity contribution >= 4 is 17.3 Å². The number of halogens is 3. The lowest BCUT2D eigenvalue weighted by atomic mass is 9.99. The number of aromatic nitrogens is 3. The molecule has 2 heterocycles. The molecule has 2 aromatic carbocycles. The lowest BCUT2D eigenvalue weighted by Crippen LogP contribution is -2.12. The smallest absolute Gasteiger partial charge is 0.159 e. The first kappa shape index (κ1) is 15.0.